The lowest BCUT2D eigenvalue weighted by atomic mass is 10.2. The monoisotopic (exact) mass is 350 g/mol. The Kier molecular flexibility index (Phi) is 4.08. The van der Waals surface area contributed by atoms with Gasteiger partial charge in [0.25, 0.3) is 5.91 Å². The summed E-state index contributed by atoms with van der Waals surface area (Å²) in [6.07, 6.45) is 0. The number of benzene rings is 2. The normalized spacial score (nSPS) is 12.2. The van der Waals surface area contributed by atoms with Crippen LogP contribution < -0.4 is 9.47 Å². The zero-order valence-corrected chi connectivity index (χ0v) is 14.6. The summed E-state index contributed by atoms with van der Waals surface area (Å²) in [5.74, 6) is 2.19. The Morgan fingerprint density at radius 1 is 1.12 bits per heavy atom. The molecule has 0 fully saturated rings. The molecule has 0 saturated heterocycles. The van der Waals surface area contributed by atoms with E-state index >= 15 is 0 Å². The number of fused-ring (bicyclic) bond motifs is 1. The van der Waals surface area contributed by atoms with Crippen LogP contribution in [0, 0.1) is 6.92 Å². The molecule has 2 aromatic carbocycles. The summed E-state index contributed by atoms with van der Waals surface area (Å²) in [6, 6.07) is 15.2. The highest BCUT2D eigenvalue weighted by molar-refractivity contribution is 5.93. The molecular formula is C20H18N2O4. The Morgan fingerprint density at radius 3 is 2.69 bits per heavy atom. The molecule has 26 heavy (non-hydrogen) atoms. The van der Waals surface area contributed by atoms with Crippen LogP contribution in [0.25, 0.3) is 11.5 Å². The van der Waals surface area contributed by atoms with Crippen molar-refractivity contribution >= 4 is 5.91 Å². The number of amides is 1. The summed E-state index contributed by atoms with van der Waals surface area (Å²) in [6.45, 7) is 2.41. The zero-order chi connectivity index (χ0) is 18.1. The van der Waals surface area contributed by atoms with Crippen LogP contribution in [0.1, 0.15) is 21.8 Å². The molecule has 0 saturated carbocycles. The van der Waals surface area contributed by atoms with Gasteiger partial charge in [-0.25, -0.2) is 4.98 Å². The smallest absolute Gasteiger partial charge is 0.276 e. The van der Waals surface area contributed by atoms with Gasteiger partial charge in [-0.1, -0.05) is 24.3 Å². The largest absolute Gasteiger partial charge is 0.454 e. The van der Waals surface area contributed by atoms with E-state index in [9.17, 15) is 4.79 Å². The maximum Gasteiger partial charge on any atom is 0.276 e. The third kappa shape index (κ3) is 3.01. The molecule has 1 aliphatic heterocycles. The average Bonchev–Trinajstić information content (AvgIpc) is 3.28. The number of oxazole rings is 1. The van der Waals surface area contributed by atoms with Gasteiger partial charge in [0.05, 0.1) is 0 Å². The number of nitrogens with zero attached hydrogens (tertiary/aromatic N) is 2. The number of carbonyl (C=O) groups is 1. The first-order valence-electron chi connectivity index (χ1n) is 8.28. The van der Waals surface area contributed by atoms with Crippen molar-refractivity contribution in [3.63, 3.8) is 0 Å². The van der Waals surface area contributed by atoms with Crippen molar-refractivity contribution in [3.8, 4) is 23.0 Å². The average molecular weight is 350 g/mol. The predicted molar refractivity (Wildman–Crippen MR) is 95.0 cm³/mol. The van der Waals surface area contributed by atoms with Crippen LogP contribution in [0.5, 0.6) is 11.5 Å². The van der Waals surface area contributed by atoms with Crippen LogP contribution >= 0.6 is 0 Å². The maximum atomic E-state index is 12.8. The van der Waals surface area contributed by atoms with E-state index in [4.69, 9.17) is 13.9 Å². The molecule has 1 aromatic heterocycles. The summed E-state index contributed by atoms with van der Waals surface area (Å²) in [5, 5.41) is 0. The summed E-state index contributed by atoms with van der Waals surface area (Å²) < 4.78 is 16.4. The number of hydrogen-bond donors (Lipinski definition) is 0. The van der Waals surface area contributed by atoms with Gasteiger partial charge in [0.15, 0.2) is 17.2 Å². The molecule has 1 amide bonds. The number of hydrogen-bond acceptors (Lipinski definition) is 5. The fraction of sp³-hybridized carbons (Fsp3) is 0.200. The zero-order valence-electron chi connectivity index (χ0n) is 14.6. The van der Waals surface area contributed by atoms with E-state index in [2.05, 4.69) is 4.98 Å². The minimum absolute atomic E-state index is 0.189. The minimum atomic E-state index is -0.189. The molecule has 0 N–H and O–H groups in total. The van der Waals surface area contributed by atoms with Gasteiger partial charge in [-0.15, -0.1) is 0 Å². The van der Waals surface area contributed by atoms with Gasteiger partial charge in [-0.2, -0.15) is 0 Å². The van der Waals surface area contributed by atoms with E-state index in [1.54, 1.807) is 18.9 Å². The number of ether oxygens (including phenoxy) is 2. The quantitative estimate of drug-likeness (QED) is 0.719. The topological polar surface area (TPSA) is 64.8 Å². The van der Waals surface area contributed by atoms with Crippen molar-refractivity contribution in [2.45, 2.75) is 13.5 Å². The van der Waals surface area contributed by atoms with E-state index in [0.717, 1.165) is 16.9 Å². The lowest BCUT2D eigenvalue weighted by Gasteiger charge is -2.16. The number of aromatic nitrogens is 1. The number of carbonyl (C=O) groups excluding carboxylic acids is 1. The van der Waals surface area contributed by atoms with Gasteiger partial charge in [-0.3, -0.25) is 4.79 Å². The third-order valence-corrected chi connectivity index (χ3v) is 4.22. The van der Waals surface area contributed by atoms with Crippen LogP contribution in [-0.4, -0.2) is 29.6 Å². The highest BCUT2D eigenvalue weighted by Gasteiger charge is 2.22. The molecule has 4 rings (SSSR count). The maximum absolute atomic E-state index is 12.8. The first kappa shape index (κ1) is 16.2. The van der Waals surface area contributed by atoms with Gasteiger partial charge < -0.3 is 18.8 Å². The molecule has 0 unspecified atom stereocenters. The molecule has 0 bridgehead atoms. The Bertz CT molecular complexity index is 950. The van der Waals surface area contributed by atoms with Gasteiger partial charge in [-0.05, 0) is 36.8 Å². The number of aryl methyl sites for hydroxylation is 1. The van der Waals surface area contributed by atoms with Crippen LogP contribution in [0.3, 0.4) is 0 Å². The molecule has 0 atom stereocenters. The summed E-state index contributed by atoms with van der Waals surface area (Å²) in [4.78, 5) is 18.8. The molecule has 1 aliphatic rings. The second kappa shape index (κ2) is 6.55. The fourth-order valence-electron chi connectivity index (χ4n) is 2.86. The van der Waals surface area contributed by atoms with Crippen molar-refractivity contribution in [3.05, 3.63) is 65.5 Å². The lowest BCUT2D eigenvalue weighted by molar-refractivity contribution is 0.0778. The summed E-state index contributed by atoms with van der Waals surface area (Å²) in [5.41, 5.74) is 2.12. The second-order valence-corrected chi connectivity index (χ2v) is 6.14. The molecule has 0 spiro atoms. The molecule has 6 heteroatoms. The summed E-state index contributed by atoms with van der Waals surface area (Å²) in [7, 11) is 1.74. The third-order valence-electron chi connectivity index (χ3n) is 4.22. The summed E-state index contributed by atoms with van der Waals surface area (Å²) >= 11 is 0. The van der Waals surface area contributed by atoms with Crippen LogP contribution in [0.4, 0.5) is 0 Å². The van der Waals surface area contributed by atoms with Crippen molar-refractivity contribution in [2.24, 2.45) is 0 Å². The van der Waals surface area contributed by atoms with Crippen molar-refractivity contribution in [2.75, 3.05) is 13.8 Å². The molecule has 132 valence electrons. The fourth-order valence-corrected chi connectivity index (χ4v) is 2.86. The van der Waals surface area contributed by atoms with E-state index in [0.29, 0.717) is 29.6 Å². The van der Waals surface area contributed by atoms with Crippen molar-refractivity contribution < 1.29 is 18.7 Å². The highest BCUT2D eigenvalue weighted by atomic mass is 16.7. The highest BCUT2D eigenvalue weighted by Crippen LogP contribution is 2.33. The molecule has 0 aliphatic carbocycles. The van der Waals surface area contributed by atoms with Gasteiger partial charge >= 0.3 is 0 Å². The number of rotatable bonds is 4. The Hall–Kier alpha value is -3.28. The Labute approximate surface area is 151 Å². The van der Waals surface area contributed by atoms with E-state index in [1.165, 1.54) is 0 Å². The first-order valence-corrected chi connectivity index (χ1v) is 8.28. The SMILES string of the molecule is Cc1oc(-c2ccccc2)nc1C(=O)N(C)Cc1ccc2c(c1)OCO2. The van der Waals surface area contributed by atoms with Gasteiger partial charge in [0.1, 0.15) is 5.76 Å². The van der Waals surface area contributed by atoms with E-state index < -0.39 is 0 Å². The molecule has 2 heterocycles. The van der Waals surface area contributed by atoms with Crippen molar-refractivity contribution in [1.82, 2.24) is 9.88 Å². The van der Waals surface area contributed by atoms with Crippen LogP contribution in [0.2, 0.25) is 0 Å². The van der Waals surface area contributed by atoms with Crippen LogP contribution in [0.15, 0.2) is 52.9 Å². The lowest BCUT2D eigenvalue weighted by Crippen LogP contribution is -2.27. The van der Waals surface area contributed by atoms with Crippen molar-refractivity contribution in [1.29, 1.82) is 0 Å². The molecular weight excluding hydrogens is 332 g/mol. The molecule has 3 aromatic rings. The second-order valence-electron chi connectivity index (χ2n) is 6.14. The Morgan fingerprint density at radius 2 is 1.88 bits per heavy atom. The first-order chi connectivity index (χ1) is 12.6. The molecule has 6 nitrogen and oxygen atoms in total. The van der Waals surface area contributed by atoms with Crippen LogP contribution in [-0.2, 0) is 6.54 Å². The standard InChI is InChI=1S/C20H18N2O4/c1-13-18(21-19(26-13)15-6-4-3-5-7-15)20(23)22(2)11-14-8-9-16-17(10-14)25-12-24-16/h3-10H,11-12H2,1-2H3. The van der Waals surface area contributed by atoms with Gasteiger partial charge in [0, 0.05) is 19.2 Å². The van der Waals surface area contributed by atoms with Gasteiger partial charge in [0.2, 0.25) is 12.7 Å². The van der Waals surface area contributed by atoms with E-state index in [-0.39, 0.29) is 12.7 Å². The predicted octanol–water partition coefficient (Wildman–Crippen LogP) is 3.65. The minimum Gasteiger partial charge on any atom is -0.454 e. The Balaban J connectivity index is 1.53. The van der Waals surface area contributed by atoms with E-state index in [1.807, 2.05) is 48.5 Å². The molecule has 0 radical (unpaired) electrons.